The van der Waals surface area contributed by atoms with E-state index in [0.717, 1.165) is 23.6 Å². The number of methoxy groups -OCH3 is 1. The lowest BCUT2D eigenvalue weighted by atomic mass is 9.78. The molecular weight excluding hydrogens is 342 g/mol. The molecule has 2 aromatic rings. The molecule has 1 saturated carbocycles. The molecule has 0 unspecified atom stereocenters. The minimum absolute atomic E-state index is 0.148. The first-order valence-electron chi connectivity index (χ1n) is 9.53. The van der Waals surface area contributed by atoms with Gasteiger partial charge in [0, 0.05) is 6.04 Å². The van der Waals surface area contributed by atoms with Crippen LogP contribution in [0.25, 0.3) is 10.8 Å². The standard InChI is InChI=1S/C22H27NO4/c1-14-7-6-10-19(15(14)2)23-21(24)13-27-22(25)18-11-16-8-4-5-9-17(16)12-20(18)26-3/h4-5,8-9,11-12,14-15,19H,6-7,10,13H2,1-3H3,(H,23,24)/t14-,15+,19-/m1/s1. The summed E-state index contributed by atoms with van der Waals surface area (Å²) < 4.78 is 10.6. The van der Waals surface area contributed by atoms with E-state index in [-0.39, 0.29) is 18.6 Å². The molecule has 0 saturated heterocycles. The maximum atomic E-state index is 12.5. The molecule has 0 aromatic heterocycles. The molecule has 3 atom stereocenters. The van der Waals surface area contributed by atoms with Crippen molar-refractivity contribution in [1.29, 1.82) is 0 Å². The van der Waals surface area contributed by atoms with Crippen molar-refractivity contribution in [2.24, 2.45) is 11.8 Å². The zero-order chi connectivity index (χ0) is 19.4. The fraction of sp³-hybridized carbons (Fsp3) is 0.455. The van der Waals surface area contributed by atoms with E-state index in [2.05, 4.69) is 19.2 Å². The molecule has 0 spiro atoms. The Kier molecular flexibility index (Phi) is 5.99. The Labute approximate surface area is 160 Å². The van der Waals surface area contributed by atoms with E-state index < -0.39 is 5.97 Å². The number of amides is 1. The Morgan fingerprint density at radius 3 is 2.52 bits per heavy atom. The van der Waals surface area contributed by atoms with Gasteiger partial charge in [-0.15, -0.1) is 0 Å². The van der Waals surface area contributed by atoms with Gasteiger partial charge in [-0.25, -0.2) is 4.79 Å². The third kappa shape index (κ3) is 4.41. The van der Waals surface area contributed by atoms with Crippen LogP contribution in [0.15, 0.2) is 36.4 Å². The fourth-order valence-corrected chi connectivity index (χ4v) is 3.79. The van der Waals surface area contributed by atoms with Crippen molar-refractivity contribution in [3.8, 4) is 5.75 Å². The van der Waals surface area contributed by atoms with E-state index >= 15 is 0 Å². The fourth-order valence-electron chi connectivity index (χ4n) is 3.79. The van der Waals surface area contributed by atoms with Gasteiger partial charge in [0.15, 0.2) is 6.61 Å². The number of hydrogen-bond acceptors (Lipinski definition) is 4. The summed E-state index contributed by atoms with van der Waals surface area (Å²) in [7, 11) is 1.51. The molecule has 0 radical (unpaired) electrons. The summed E-state index contributed by atoms with van der Waals surface area (Å²) in [4.78, 5) is 24.7. The maximum Gasteiger partial charge on any atom is 0.342 e. The Balaban J connectivity index is 1.63. The molecule has 0 bridgehead atoms. The van der Waals surface area contributed by atoms with E-state index in [1.54, 1.807) is 12.1 Å². The first kappa shape index (κ1) is 19.2. The van der Waals surface area contributed by atoms with Gasteiger partial charge in [0.2, 0.25) is 0 Å². The van der Waals surface area contributed by atoms with Crippen LogP contribution in [0.5, 0.6) is 5.75 Å². The molecule has 5 nitrogen and oxygen atoms in total. The highest BCUT2D eigenvalue weighted by atomic mass is 16.5. The average molecular weight is 369 g/mol. The molecule has 0 aliphatic heterocycles. The Morgan fingerprint density at radius 2 is 1.81 bits per heavy atom. The lowest BCUT2D eigenvalue weighted by molar-refractivity contribution is -0.125. The monoisotopic (exact) mass is 369 g/mol. The van der Waals surface area contributed by atoms with Crippen molar-refractivity contribution >= 4 is 22.6 Å². The van der Waals surface area contributed by atoms with Crippen molar-refractivity contribution < 1.29 is 19.1 Å². The number of fused-ring (bicyclic) bond motifs is 1. The molecule has 1 fully saturated rings. The van der Waals surface area contributed by atoms with Crippen molar-refractivity contribution in [3.63, 3.8) is 0 Å². The van der Waals surface area contributed by atoms with Crippen LogP contribution in [0.3, 0.4) is 0 Å². The van der Waals surface area contributed by atoms with E-state index in [1.807, 2.05) is 24.3 Å². The van der Waals surface area contributed by atoms with Gasteiger partial charge >= 0.3 is 5.97 Å². The van der Waals surface area contributed by atoms with E-state index in [1.165, 1.54) is 13.5 Å². The lowest BCUT2D eigenvalue weighted by Crippen LogP contribution is -2.45. The summed E-state index contributed by atoms with van der Waals surface area (Å²) in [5.41, 5.74) is 0.323. The minimum Gasteiger partial charge on any atom is -0.496 e. The van der Waals surface area contributed by atoms with Crippen LogP contribution in [0, 0.1) is 11.8 Å². The van der Waals surface area contributed by atoms with Crippen molar-refractivity contribution in [2.45, 2.75) is 39.2 Å². The van der Waals surface area contributed by atoms with Gasteiger partial charge in [-0.3, -0.25) is 4.79 Å². The zero-order valence-corrected chi connectivity index (χ0v) is 16.2. The smallest absolute Gasteiger partial charge is 0.342 e. The van der Waals surface area contributed by atoms with Crippen LogP contribution in [-0.2, 0) is 9.53 Å². The molecule has 0 heterocycles. The van der Waals surface area contributed by atoms with Crippen molar-refractivity contribution in [2.75, 3.05) is 13.7 Å². The van der Waals surface area contributed by atoms with E-state index in [0.29, 0.717) is 23.1 Å². The summed E-state index contributed by atoms with van der Waals surface area (Å²) >= 11 is 0. The molecule has 1 amide bonds. The van der Waals surface area contributed by atoms with Crippen LogP contribution < -0.4 is 10.1 Å². The van der Waals surface area contributed by atoms with Gasteiger partial charge in [0.05, 0.1) is 7.11 Å². The summed E-state index contributed by atoms with van der Waals surface area (Å²) in [5, 5.41) is 4.91. The molecule has 1 aliphatic carbocycles. The predicted octanol–water partition coefficient (Wildman–Crippen LogP) is 3.95. The molecule has 27 heavy (non-hydrogen) atoms. The highest BCUT2D eigenvalue weighted by molar-refractivity contribution is 5.99. The Hall–Kier alpha value is -2.56. The molecular formula is C22H27NO4. The molecule has 5 heteroatoms. The average Bonchev–Trinajstić information content (AvgIpc) is 2.68. The van der Waals surface area contributed by atoms with Gasteiger partial charge in [-0.2, -0.15) is 0 Å². The third-order valence-corrected chi connectivity index (χ3v) is 5.68. The number of hydrogen-bond donors (Lipinski definition) is 1. The predicted molar refractivity (Wildman–Crippen MR) is 105 cm³/mol. The Morgan fingerprint density at radius 1 is 1.11 bits per heavy atom. The maximum absolute atomic E-state index is 12.5. The van der Waals surface area contributed by atoms with E-state index in [4.69, 9.17) is 9.47 Å². The quantitative estimate of drug-likeness (QED) is 0.811. The second-order valence-electron chi connectivity index (χ2n) is 7.42. The number of esters is 1. The second kappa shape index (κ2) is 8.42. The number of carbonyl (C=O) groups excluding carboxylic acids is 2. The third-order valence-electron chi connectivity index (χ3n) is 5.68. The number of rotatable bonds is 5. The molecule has 2 aromatic carbocycles. The Bertz CT molecular complexity index is 832. The number of carbonyl (C=O) groups is 2. The summed E-state index contributed by atoms with van der Waals surface area (Å²) in [6.45, 7) is 4.10. The van der Waals surface area contributed by atoms with Gasteiger partial charge in [-0.1, -0.05) is 51.0 Å². The van der Waals surface area contributed by atoms with Crippen LogP contribution in [-0.4, -0.2) is 31.6 Å². The highest BCUT2D eigenvalue weighted by Crippen LogP contribution is 2.29. The summed E-state index contributed by atoms with van der Waals surface area (Å²) in [6.07, 6.45) is 3.29. The van der Waals surface area contributed by atoms with Crippen molar-refractivity contribution in [1.82, 2.24) is 5.32 Å². The molecule has 1 N–H and O–H groups in total. The normalized spacial score (nSPS) is 22.3. The van der Waals surface area contributed by atoms with Gasteiger partial charge < -0.3 is 14.8 Å². The molecule has 3 rings (SSSR count). The second-order valence-corrected chi connectivity index (χ2v) is 7.42. The van der Waals surface area contributed by atoms with Crippen LogP contribution in [0.4, 0.5) is 0 Å². The number of ether oxygens (including phenoxy) is 2. The van der Waals surface area contributed by atoms with Crippen LogP contribution >= 0.6 is 0 Å². The van der Waals surface area contributed by atoms with E-state index in [9.17, 15) is 9.59 Å². The minimum atomic E-state index is -0.558. The SMILES string of the molecule is COc1cc2ccccc2cc1C(=O)OCC(=O)N[C@@H]1CCC[C@@H](C)[C@@H]1C. The summed E-state index contributed by atoms with van der Waals surface area (Å²) in [6, 6.07) is 11.4. The van der Waals surface area contributed by atoms with Gasteiger partial charge in [-0.05, 0) is 41.2 Å². The molecule has 1 aliphatic rings. The van der Waals surface area contributed by atoms with Gasteiger partial charge in [0.25, 0.3) is 5.91 Å². The van der Waals surface area contributed by atoms with Crippen molar-refractivity contribution in [3.05, 3.63) is 42.0 Å². The zero-order valence-electron chi connectivity index (χ0n) is 16.2. The number of nitrogens with one attached hydrogen (secondary N) is 1. The first-order chi connectivity index (χ1) is 13.0. The molecule has 144 valence electrons. The van der Waals surface area contributed by atoms with Crippen LogP contribution in [0.1, 0.15) is 43.5 Å². The largest absolute Gasteiger partial charge is 0.496 e. The highest BCUT2D eigenvalue weighted by Gasteiger charge is 2.28. The first-order valence-corrected chi connectivity index (χ1v) is 9.53. The summed E-state index contributed by atoms with van der Waals surface area (Å²) in [5.74, 6) is 0.646. The van der Waals surface area contributed by atoms with Gasteiger partial charge in [0.1, 0.15) is 11.3 Å². The topological polar surface area (TPSA) is 64.6 Å². The van der Waals surface area contributed by atoms with Crippen LogP contribution in [0.2, 0.25) is 0 Å². The lowest BCUT2D eigenvalue weighted by Gasteiger charge is -2.34. The number of benzene rings is 2.